The molecule has 2 N–H and O–H groups in total. The number of carbonyl (C=O) groups excluding carboxylic acids is 2. The highest BCUT2D eigenvalue weighted by Crippen LogP contribution is 2.31. The Kier molecular flexibility index (Phi) is 6.16. The Morgan fingerprint density at radius 1 is 0.840 bits per heavy atom. The molecule has 0 radical (unpaired) electrons. The second kappa shape index (κ2) is 8.32. The molecule has 0 aliphatic rings. The van der Waals surface area contributed by atoms with Gasteiger partial charge in [-0.2, -0.15) is 13.2 Å². The predicted octanol–water partition coefficient (Wildman–Crippen LogP) is 2.79. The fourth-order valence-electron chi connectivity index (χ4n) is 2.25. The Morgan fingerprint density at radius 3 is 2.12 bits per heavy atom. The van der Waals surface area contributed by atoms with E-state index in [1.165, 1.54) is 12.1 Å². The lowest BCUT2D eigenvalue weighted by Gasteiger charge is -2.12. The van der Waals surface area contributed by atoms with Gasteiger partial charge in [-0.1, -0.05) is 42.5 Å². The van der Waals surface area contributed by atoms with E-state index in [1.54, 1.807) is 0 Å². The molecule has 7 heteroatoms. The van der Waals surface area contributed by atoms with Crippen LogP contribution < -0.4 is 10.6 Å². The molecule has 2 amide bonds. The van der Waals surface area contributed by atoms with Crippen molar-refractivity contribution in [2.75, 3.05) is 13.1 Å². The number of carbonyl (C=O) groups is 2. The van der Waals surface area contributed by atoms with E-state index in [2.05, 4.69) is 10.6 Å². The number of alkyl halides is 3. The molecule has 2 aromatic carbocycles. The quantitative estimate of drug-likeness (QED) is 0.787. The third-order valence-corrected chi connectivity index (χ3v) is 3.42. The van der Waals surface area contributed by atoms with E-state index in [4.69, 9.17) is 0 Å². The zero-order valence-electron chi connectivity index (χ0n) is 13.3. The molecule has 0 saturated carbocycles. The molecule has 0 aromatic heterocycles. The van der Waals surface area contributed by atoms with Gasteiger partial charge in [-0.3, -0.25) is 9.59 Å². The van der Waals surface area contributed by atoms with Crippen LogP contribution in [0, 0.1) is 0 Å². The van der Waals surface area contributed by atoms with Crippen LogP contribution in [0.15, 0.2) is 54.6 Å². The van der Waals surface area contributed by atoms with Crippen molar-refractivity contribution in [1.29, 1.82) is 0 Å². The average Bonchev–Trinajstić information content (AvgIpc) is 2.58. The minimum absolute atomic E-state index is 0.0333. The fraction of sp³-hybridized carbons (Fsp3) is 0.222. The molecule has 0 fully saturated rings. The van der Waals surface area contributed by atoms with Gasteiger partial charge in [0.25, 0.3) is 5.91 Å². The van der Waals surface area contributed by atoms with E-state index in [1.807, 2.05) is 30.3 Å². The smallest absolute Gasteiger partial charge is 0.354 e. The molecule has 0 unspecified atom stereocenters. The van der Waals surface area contributed by atoms with Crippen molar-refractivity contribution in [1.82, 2.24) is 10.6 Å². The molecule has 0 aliphatic heterocycles. The fourth-order valence-corrected chi connectivity index (χ4v) is 2.25. The number of benzene rings is 2. The molecule has 2 rings (SSSR count). The lowest BCUT2D eigenvalue weighted by atomic mass is 10.1. The summed E-state index contributed by atoms with van der Waals surface area (Å²) in [5, 5.41) is 4.98. The standard InChI is InChI=1S/C18H17F3N2O2/c19-18(20,21)15-9-5-4-8-14(15)17(25)23-11-10-22-16(24)12-13-6-2-1-3-7-13/h1-9H,10-12H2,(H,22,24)(H,23,25). The Labute approximate surface area is 143 Å². The van der Waals surface area contributed by atoms with E-state index in [0.29, 0.717) is 0 Å². The Balaban J connectivity index is 1.81. The first-order valence-electron chi connectivity index (χ1n) is 7.63. The third kappa shape index (κ3) is 5.63. The van der Waals surface area contributed by atoms with E-state index in [-0.39, 0.29) is 25.4 Å². The molecule has 0 bridgehead atoms. The maximum absolute atomic E-state index is 12.9. The SMILES string of the molecule is O=C(Cc1ccccc1)NCCNC(=O)c1ccccc1C(F)(F)F. The van der Waals surface area contributed by atoms with Gasteiger partial charge in [0.2, 0.25) is 5.91 Å². The minimum Gasteiger partial charge on any atom is -0.354 e. The number of amides is 2. The van der Waals surface area contributed by atoms with Crippen molar-refractivity contribution in [2.45, 2.75) is 12.6 Å². The Bertz CT molecular complexity index is 731. The van der Waals surface area contributed by atoms with E-state index in [9.17, 15) is 22.8 Å². The van der Waals surface area contributed by atoms with E-state index >= 15 is 0 Å². The maximum Gasteiger partial charge on any atom is 0.417 e. The summed E-state index contributed by atoms with van der Waals surface area (Å²) in [6, 6.07) is 13.7. The maximum atomic E-state index is 12.9. The van der Waals surface area contributed by atoms with Crippen molar-refractivity contribution in [3.63, 3.8) is 0 Å². The van der Waals surface area contributed by atoms with Crippen LogP contribution in [0.4, 0.5) is 13.2 Å². The largest absolute Gasteiger partial charge is 0.417 e. The first-order chi connectivity index (χ1) is 11.9. The summed E-state index contributed by atoms with van der Waals surface area (Å²) in [6.07, 6.45) is -4.40. The Morgan fingerprint density at radius 2 is 1.44 bits per heavy atom. The predicted molar refractivity (Wildman–Crippen MR) is 86.9 cm³/mol. The molecular formula is C18H17F3N2O2. The van der Waals surface area contributed by atoms with Gasteiger partial charge in [0.1, 0.15) is 0 Å². The van der Waals surface area contributed by atoms with Crippen molar-refractivity contribution in [3.05, 3.63) is 71.3 Å². The zero-order chi connectivity index (χ0) is 18.3. The van der Waals surface area contributed by atoms with Crippen LogP contribution in [0.3, 0.4) is 0 Å². The molecule has 132 valence electrons. The lowest BCUT2D eigenvalue weighted by Crippen LogP contribution is -2.36. The number of halogens is 3. The number of hydrogen-bond acceptors (Lipinski definition) is 2. The molecule has 0 atom stereocenters. The van der Waals surface area contributed by atoms with E-state index < -0.39 is 23.2 Å². The summed E-state index contributed by atoms with van der Waals surface area (Å²) in [7, 11) is 0. The summed E-state index contributed by atoms with van der Waals surface area (Å²) in [5.41, 5.74) is -0.575. The number of hydrogen-bond donors (Lipinski definition) is 2. The van der Waals surface area contributed by atoms with Crippen LogP contribution in [0.5, 0.6) is 0 Å². The minimum atomic E-state index is -4.60. The first-order valence-corrected chi connectivity index (χ1v) is 7.63. The summed E-state index contributed by atoms with van der Waals surface area (Å²) < 4.78 is 38.6. The first kappa shape index (κ1) is 18.5. The molecule has 25 heavy (non-hydrogen) atoms. The molecule has 2 aromatic rings. The molecule has 4 nitrogen and oxygen atoms in total. The summed E-state index contributed by atoms with van der Waals surface area (Å²) in [6.45, 7) is 0.164. The summed E-state index contributed by atoms with van der Waals surface area (Å²) in [5.74, 6) is -1.05. The molecule has 0 spiro atoms. The lowest BCUT2D eigenvalue weighted by molar-refractivity contribution is -0.138. The van der Waals surface area contributed by atoms with Gasteiger partial charge in [-0.25, -0.2) is 0 Å². The van der Waals surface area contributed by atoms with Gasteiger partial charge in [0.05, 0.1) is 17.5 Å². The molecule has 0 heterocycles. The van der Waals surface area contributed by atoms with E-state index in [0.717, 1.165) is 17.7 Å². The van der Waals surface area contributed by atoms with Crippen molar-refractivity contribution < 1.29 is 22.8 Å². The van der Waals surface area contributed by atoms with Gasteiger partial charge in [0, 0.05) is 13.1 Å². The average molecular weight is 350 g/mol. The van der Waals surface area contributed by atoms with Gasteiger partial charge in [0.15, 0.2) is 0 Å². The second-order valence-corrected chi connectivity index (χ2v) is 5.31. The van der Waals surface area contributed by atoms with Crippen molar-refractivity contribution in [3.8, 4) is 0 Å². The van der Waals surface area contributed by atoms with Crippen LogP contribution in [0.1, 0.15) is 21.5 Å². The van der Waals surface area contributed by atoms with Gasteiger partial charge in [-0.05, 0) is 17.7 Å². The number of nitrogens with one attached hydrogen (secondary N) is 2. The highest BCUT2D eigenvalue weighted by Gasteiger charge is 2.34. The normalized spacial score (nSPS) is 11.0. The highest BCUT2D eigenvalue weighted by atomic mass is 19.4. The van der Waals surface area contributed by atoms with Crippen LogP contribution in [0.25, 0.3) is 0 Å². The summed E-state index contributed by atoms with van der Waals surface area (Å²) >= 11 is 0. The highest BCUT2D eigenvalue weighted by molar-refractivity contribution is 5.95. The molecule has 0 saturated heterocycles. The second-order valence-electron chi connectivity index (χ2n) is 5.31. The Hall–Kier alpha value is -2.83. The van der Waals surface area contributed by atoms with Crippen molar-refractivity contribution >= 4 is 11.8 Å². The van der Waals surface area contributed by atoms with Crippen molar-refractivity contribution in [2.24, 2.45) is 0 Å². The van der Waals surface area contributed by atoms with Crippen LogP contribution in [-0.4, -0.2) is 24.9 Å². The summed E-state index contributed by atoms with van der Waals surface area (Å²) in [4.78, 5) is 23.7. The molecule has 0 aliphatic carbocycles. The monoisotopic (exact) mass is 350 g/mol. The zero-order valence-corrected chi connectivity index (χ0v) is 13.3. The van der Waals surface area contributed by atoms with Crippen LogP contribution in [0.2, 0.25) is 0 Å². The van der Waals surface area contributed by atoms with Gasteiger partial charge < -0.3 is 10.6 Å². The van der Waals surface area contributed by atoms with Crippen LogP contribution in [-0.2, 0) is 17.4 Å². The topological polar surface area (TPSA) is 58.2 Å². The number of rotatable bonds is 6. The molecular weight excluding hydrogens is 333 g/mol. The van der Waals surface area contributed by atoms with Gasteiger partial charge >= 0.3 is 6.18 Å². The third-order valence-electron chi connectivity index (χ3n) is 3.42. The van der Waals surface area contributed by atoms with Crippen LogP contribution >= 0.6 is 0 Å². The van der Waals surface area contributed by atoms with Gasteiger partial charge in [-0.15, -0.1) is 0 Å².